The van der Waals surface area contributed by atoms with Crippen molar-refractivity contribution in [3.63, 3.8) is 0 Å². The number of hydrogen-bond donors (Lipinski definition) is 0. The lowest BCUT2D eigenvalue weighted by atomic mass is 10.0. The third-order valence-electron chi connectivity index (χ3n) is 2.23. The number of carbonyl (C=O) groups is 3. The van der Waals surface area contributed by atoms with E-state index in [2.05, 4.69) is 4.74 Å². The number of nitriles is 1. The van der Waals surface area contributed by atoms with Crippen molar-refractivity contribution >= 4 is 17.8 Å². The normalized spacial score (nSPS) is 16.2. The van der Waals surface area contributed by atoms with Crippen LogP contribution in [0.4, 0.5) is 0 Å². The number of ether oxygens (including phenoxy) is 1. The van der Waals surface area contributed by atoms with Crippen LogP contribution in [-0.2, 0) is 19.1 Å². The molecule has 0 unspecified atom stereocenters. The standard InChI is InChI=1S/C10H10N2O4/c1-6-3-8(13)12(5-9(14)16-2)10(15)7(6)4-11/h3,5H2,1-2H3. The molecule has 6 nitrogen and oxygen atoms in total. The molecule has 84 valence electrons. The first kappa shape index (κ1) is 11.9. The summed E-state index contributed by atoms with van der Waals surface area (Å²) in [5.74, 6) is -1.92. The predicted octanol–water partition coefficient (Wildman–Crippen LogP) is -0.242. The second-order valence-electron chi connectivity index (χ2n) is 3.31. The van der Waals surface area contributed by atoms with Crippen molar-refractivity contribution in [2.24, 2.45) is 0 Å². The van der Waals surface area contributed by atoms with Gasteiger partial charge in [-0.15, -0.1) is 0 Å². The maximum atomic E-state index is 11.6. The smallest absolute Gasteiger partial charge is 0.325 e. The molecule has 0 aromatic rings. The van der Waals surface area contributed by atoms with Gasteiger partial charge in [0.1, 0.15) is 18.2 Å². The third-order valence-corrected chi connectivity index (χ3v) is 2.23. The number of imide groups is 1. The molecule has 0 N–H and O–H groups in total. The quantitative estimate of drug-likeness (QED) is 0.475. The van der Waals surface area contributed by atoms with Gasteiger partial charge in [-0.3, -0.25) is 19.3 Å². The molecule has 2 amide bonds. The predicted molar refractivity (Wildman–Crippen MR) is 51.7 cm³/mol. The molecule has 1 heterocycles. The molecule has 0 atom stereocenters. The zero-order chi connectivity index (χ0) is 12.3. The fourth-order valence-corrected chi connectivity index (χ4v) is 1.34. The molecule has 0 saturated carbocycles. The first-order valence-electron chi connectivity index (χ1n) is 4.52. The minimum Gasteiger partial charge on any atom is -0.468 e. The second kappa shape index (κ2) is 4.57. The van der Waals surface area contributed by atoms with E-state index >= 15 is 0 Å². The zero-order valence-electron chi connectivity index (χ0n) is 8.94. The van der Waals surface area contributed by atoms with Gasteiger partial charge in [0, 0.05) is 6.42 Å². The molecule has 0 aliphatic carbocycles. The van der Waals surface area contributed by atoms with Crippen LogP contribution >= 0.6 is 0 Å². The van der Waals surface area contributed by atoms with Gasteiger partial charge >= 0.3 is 5.97 Å². The Morgan fingerprint density at radius 2 is 2.19 bits per heavy atom. The van der Waals surface area contributed by atoms with Crippen molar-refractivity contribution in [2.45, 2.75) is 13.3 Å². The van der Waals surface area contributed by atoms with Crippen molar-refractivity contribution in [3.8, 4) is 6.07 Å². The molecule has 1 aliphatic heterocycles. The van der Waals surface area contributed by atoms with Crippen molar-refractivity contribution in [1.82, 2.24) is 4.90 Å². The van der Waals surface area contributed by atoms with Gasteiger partial charge in [0.15, 0.2) is 0 Å². The van der Waals surface area contributed by atoms with Crippen LogP contribution in [0.25, 0.3) is 0 Å². The van der Waals surface area contributed by atoms with E-state index in [4.69, 9.17) is 5.26 Å². The second-order valence-corrected chi connectivity index (χ2v) is 3.31. The van der Waals surface area contributed by atoms with Gasteiger partial charge in [-0.25, -0.2) is 0 Å². The number of methoxy groups -OCH3 is 1. The van der Waals surface area contributed by atoms with E-state index in [1.54, 1.807) is 13.0 Å². The molecule has 1 rings (SSSR count). The number of nitrogens with zero attached hydrogens (tertiary/aromatic N) is 2. The number of esters is 1. The van der Waals surface area contributed by atoms with Gasteiger partial charge in [0.25, 0.3) is 5.91 Å². The summed E-state index contributed by atoms with van der Waals surface area (Å²) in [6.45, 7) is 1.09. The van der Waals surface area contributed by atoms with E-state index in [-0.39, 0.29) is 12.0 Å². The Bertz CT molecular complexity index is 431. The molecule has 0 bridgehead atoms. The van der Waals surface area contributed by atoms with Gasteiger partial charge in [-0.05, 0) is 12.5 Å². The first-order chi connectivity index (χ1) is 7.51. The molecule has 0 spiro atoms. The van der Waals surface area contributed by atoms with Crippen LogP contribution in [0, 0.1) is 11.3 Å². The molecular formula is C10H10N2O4. The van der Waals surface area contributed by atoms with Crippen LogP contribution < -0.4 is 0 Å². The minimum atomic E-state index is -0.735. The molecule has 0 aromatic heterocycles. The Balaban J connectivity index is 2.98. The van der Waals surface area contributed by atoms with Crippen LogP contribution in [0.5, 0.6) is 0 Å². The van der Waals surface area contributed by atoms with Crippen molar-refractivity contribution in [1.29, 1.82) is 5.26 Å². The summed E-state index contributed by atoms with van der Waals surface area (Å²) in [6.07, 6.45) is -0.0222. The minimum absolute atomic E-state index is 0.0222. The van der Waals surface area contributed by atoms with E-state index in [1.165, 1.54) is 0 Å². The topological polar surface area (TPSA) is 87.5 Å². The van der Waals surface area contributed by atoms with E-state index in [1.807, 2.05) is 0 Å². The highest BCUT2D eigenvalue weighted by Crippen LogP contribution is 2.19. The maximum absolute atomic E-state index is 11.6. The Morgan fingerprint density at radius 1 is 1.56 bits per heavy atom. The summed E-state index contributed by atoms with van der Waals surface area (Å²) < 4.78 is 4.36. The van der Waals surface area contributed by atoms with Crippen LogP contribution in [-0.4, -0.2) is 36.3 Å². The van der Waals surface area contributed by atoms with E-state index in [0.29, 0.717) is 5.57 Å². The summed E-state index contributed by atoms with van der Waals surface area (Å²) in [5.41, 5.74) is 0.349. The lowest BCUT2D eigenvalue weighted by Crippen LogP contribution is -2.44. The highest BCUT2D eigenvalue weighted by atomic mass is 16.5. The van der Waals surface area contributed by atoms with Crippen molar-refractivity contribution in [3.05, 3.63) is 11.1 Å². The van der Waals surface area contributed by atoms with Gasteiger partial charge in [-0.1, -0.05) is 0 Å². The molecule has 0 radical (unpaired) electrons. The van der Waals surface area contributed by atoms with E-state index in [0.717, 1.165) is 12.0 Å². The van der Waals surface area contributed by atoms with Crippen LogP contribution in [0.1, 0.15) is 13.3 Å². The monoisotopic (exact) mass is 222 g/mol. The zero-order valence-corrected chi connectivity index (χ0v) is 8.94. The summed E-state index contributed by atoms with van der Waals surface area (Å²) in [7, 11) is 1.16. The van der Waals surface area contributed by atoms with E-state index < -0.39 is 24.3 Å². The third kappa shape index (κ3) is 2.08. The van der Waals surface area contributed by atoms with Crippen LogP contribution in [0.3, 0.4) is 0 Å². The van der Waals surface area contributed by atoms with E-state index in [9.17, 15) is 14.4 Å². The average Bonchev–Trinajstić information content (AvgIpc) is 2.24. The molecule has 16 heavy (non-hydrogen) atoms. The van der Waals surface area contributed by atoms with Crippen molar-refractivity contribution < 1.29 is 19.1 Å². The molecule has 6 heteroatoms. The Hall–Kier alpha value is -2.16. The van der Waals surface area contributed by atoms with Gasteiger partial charge in [-0.2, -0.15) is 5.26 Å². The summed E-state index contributed by atoms with van der Waals surface area (Å²) in [6, 6.07) is 1.73. The lowest BCUT2D eigenvalue weighted by molar-refractivity contribution is -0.152. The molecule has 1 aliphatic rings. The van der Waals surface area contributed by atoms with Gasteiger partial charge < -0.3 is 4.74 Å². The molecular weight excluding hydrogens is 212 g/mol. The molecule has 0 aromatic carbocycles. The summed E-state index contributed by atoms with van der Waals surface area (Å²) in [5, 5.41) is 8.74. The summed E-state index contributed by atoms with van der Waals surface area (Å²) in [4.78, 5) is 34.8. The molecule has 0 saturated heterocycles. The molecule has 0 fully saturated rings. The Labute approximate surface area is 92.1 Å². The number of hydrogen-bond acceptors (Lipinski definition) is 5. The number of rotatable bonds is 2. The first-order valence-corrected chi connectivity index (χ1v) is 4.52. The average molecular weight is 222 g/mol. The number of carbonyl (C=O) groups excluding carboxylic acids is 3. The fraction of sp³-hybridized carbons (Fsp3) is 0.400. The fourth-order valence-electron chi connectivity index (χ4n) is 1.34. The van der Waals surface area contributed by atoms with Crippen LogP contribution in [0.15, 0.2) is 11.1 Å². The Morgan fingerprint density at radius 3 is 2.69 bits per heavy atom. The highest BCUT2D eigenvalue weighted by Gasteiger charge is 2.33. The number of amides is 2. The largest absolute Gasteiger partial charge is 0.468 e. The summed E-state index contributed by atoms with van der Waals surface area (Å²) >= 11 is 0. The van der Waals surface area contributed by atoms with Gasteiger partial charge in [0.05, 0.1) is 7.11 Å². The van der Waals surface area contributed by atoms with Crippen molar-refractivity contribution in [2.75, 3.05) is 13.7 Å². The highest BCUT2D eigenvalue weighted by molar-refractivity contribution is 6.11. The SMILES string of the molecule is COC(=O)CN1C(=O)CC(C)=C(C#N)C1=O. The van der Waals surface area contributed by atoms with Crippen LogP contribution in [0.2, 0.25) is 0 Å². The lowest BCUT2D eigenvalue weighted by Gasteiger charge is -2.24. The maximum Gasteiger partial charge on any atom is 0.325 e. The van der Waals surface area contributed by atoms with Gasteiger partial charge in [0.2, 0.25) is 5.91 Å². The Kier molecular flexibility index (Phi) is 3.40.